The second-order valence-electron chi connectivity index (χ2n) is 9.14. The van der Waals surface area contributed by atoms with Crippen LogP contribution in [0.25, 0.3) is 0 Å². The van der Waals surface area contributed by atoms with E-state index in [1.807, 2.05) is 32.9 Å². The number of ether oxygens (including phenoxy) is 1. The van der Waals surface area contributed by atoms with Crippen molar-refractivity contribution in [1.29, 1.82) is 0 Å². The monoisotopic (exact) mass is 459 g/mol. The standard InChI is InChI=1S/C27H33N5O2/c1-6-21(19-28-5)11-12-22-9-7-8-10-23(22)20-31-15-17-32(18-16-31)25-14-13-24(29-30-25)26(33)34-27(2,3)4/h7-10,13-14,19H,5-6,15-18,20H2,1-4H3/b21-19+. The molecule has 1 aromatic heterocycles. The van der Waals surface area contributed by atoms with Gasteiger partial charge < -0.3 is 9.64 Å². The fraction of sp³-hybridized carbons (Fsp3) is 0.407. The Bertz CT molecular complexity index is 1080. The van der Waals surface area contributed by atoms with Crippen LogP contribution in [0.1, 0.15) is 55.7 Å². The van der Waals surface area contributed by atoms with E-state index in [0.29, 0.717) is 0 Å². The number of rotatable bonds is 6. The lowest BCUT2D eigenvalue weighted by Gasteiger charge is -2.35. The predicted octanol–water partition coefficient (Wildman–Crippen LogP) is 4.10. The van der Waals surface area contributed by atoms with Crippen molar-refractivity contribution >= 4 is 18.5 Å². The first-order valence-corrected chi connectivity index (χ1v) is 11.6. The number of hydrogen-bond acceptors (Lipinski definition) is 7. The number of benzene rings is 1. The number of hydrogen-bond donors (Lipinski definition) is 0. The van der Waals surface area contributed by atoms with Gasteiger partial charge in [0.2, 0.25) is 0 Å². The Morgan fingerprint density at radius 2 is 1.88 bits per heavy atom. The van der Waals surface area contributed by atoms with Crippen LogP contribution in [-0.4, -0.2) is 59.6 Å². The normalized spacial score (nSPS) is 14.8. The van der Waals surface area contributed by atoms with Gasteiger partial charge in [0.1, 0.15) is 5.60 Å². The molecule has 0 spiro atoms. The number of esters is 1. The molecule has 1 fully saturated rings. The molecular formula is C27H33N5O2. The van der Waals surface area contributed by atoms with Gasteiger partial charge in [0.25, 0.3) is 0 Å². The summed E-state index contributed by atoms with van der Waals surface area (Å²) in [5, 5.41) is 8.34. The lowest BCUT2D eigenvalue weighted by molar-refractivity contribution is 0.00616. The van der Waals surface area contributed by atoms with Crippen molar-refractivity contribution in [1.82, 2.24) is 15.1 Å². The second-order valence-corrected chi connectivity index (χ2v) is 9.14. The van der Waals surface area contributed by atoms with Crippen LogP contribution in [0.3, 0.4) is 0 Å². The number of nitrogens with zero attached hydrogens (tertiary/aromatic N) is 5. The quantitative estimate of drug-likeness (QED) is 0.368. The van der Waals surface area contributed by atoms with Crippen LogP contribution in [0, 0.1) is 11.8 Å². The molecule has 1 saturated heterocycles. The Labute approximate surface area is 202 Å². The first-order chi connectivity index (χ1) is 16.3. The van der Waals surface area contributed by atoms with Crippen molar-refractivity contribution in [2.45, 2.75) is 46.3 Å². The number of aliphatic imine (C=N–C) groups is 1. The molecule has 3 rings (SSSR count). The largest absolute Gasteiger partial charge is 0.455 e. The highest BCUT2D eigenvalue weighted by Crippen LogP contribution is 2.17. The molecular weight excluding hydrogens is 426 g/mol. The summed E-state index contributed by atoms with van der Waals surface area (Å²) in [7, 11) is 0. The zero-order chi connectivity index (χ0) is 24.6. The summed E-state index contributed by atoms with van der Waals surface area (Å²) in [6, 6.07) is 11.8. The van der Waals surface area contributed by atoms with E-state index in [2.05, 4.69) is 68.7 Å². The Morgan fingerprint density at radius 3 is 2.50 bits per heavy atom. The summed E-state index contributed by atoms with van der Waals surface area (Å²) in [6.07, 6.45) is 2.55. The second kappa shape index (κ2) is 11.6. The Balaban J connectivity index is 1.59. The Kier molecular flexibility index (Phi) is 8.55. The number of piperazine rings is 1. The fourth-order valence-corrected chi connectivity index (χ4v) is 3.56. The number of aromatic nitrogens is 2. The molecule has 0 unspecified atom stereocenters. The molecule has 34 heavy (non-hydrogen) atoms. The van der Waals surface area contributed by atoms with Crippen LogP contribution < -0.4 is 4.90 Å². The third-order valence-electron chi connectivity index (χ3n) is 5.35. The van der Waals surface area contributed by atoms with Crippen LogP contribution in [0.5, 0.6) is 0 Å². The number of allylic oxidation sites excluding steroid dienone is 1. The van der Waals surface area contributed by atoms with Gasteiger partial charge in [-0.15, -0.1) is 10.2 Å². The molecule has 0 N–H and O–H groups in total. The summed E-state index contributed by atoms with van der Waals surface area (Å²) in [6.45, 7) is 15.4. The first kappa shape index (κ1) is 25.1. The summed E-state index contributed by atoms with van der Waals surface area (Å²) >= 11 is 0. The fourth-order valence-electron chi connectivity index (χ4n) is 3.56. The maximum absolute atomic E-state index is 12.2. The van der Waals surface area contributed by atoms with Crippen LogP contribution in [0.2, 0.25) is 0 Å². The zero-order valence-electron chi connectivity index (χ0n) is 20.5. The van der Waals surface area contributed by atoms with E-state index in [9.17, 15) is 4.79 Å². The highest BCUT2D eigenvalue weighted by atomic mass is 16.6. The van der Waals surface area contributed by atoms with Crippen LogP contribution >= 0.6 is 0 Å². The van der Waals surface area contributed by atoms with Gasteiger partial charge in [-0.05, 0) is 57.7 Å². The van der Waals surface area contributed by atoms with Crippen LogP contribution in [0.15, 0.2) is 53.2 Å². The predicted molar refractivity (Wildman–Crippen MR) is 136 cm³/mol. The SMILES string of the molecule is C=N/C=C(/C#Cc1ccccc1CN1CCN(c2ccc(C(=O)OC(C)(C)C)nn2)CC1)CC. The Morgan fingerprint density at radius 1 is 1.15 bits per heavy atom. The molecule has 1 aliphatic rings. The molecule has 0 saturated carbocycles. The summed E-state index contributed by atoms with van der Waals surface area (Å²) < 4.78 is 5.36. The average molecular weight is 460 g/mol. The topological polar surface area (TPSA) is 70.9 Å². The lowest BCUT2D eigenvalue weighted by Crippen LogP contribution is -2.46. The molecule has 7 nitrogen and oxygen atoms in total. The molecule has 0 radical (unpaired) electrons. The van der Waals surface area contributed by atoms with Crippen molar-refractivity contribution in [3.05, 3.63) is 65.0 Å². The van der Waals surface area contributed by atoms with Gasteiger partial charge in [-0.3, -0.25) is 9.89 Å². The molecule has 178 valence electrons. The van der Waals surface area contributed by atoms with E-state index in [4.69, 9.17) is 4.74 Å². The first-order valence-electron chi connectivity index (χ1n) is 11.6. The van der Waals surface area contributed by atoms with Gasteiger partial charge in [0.15, 0.2) is 11.5 Å². The zero-order valence-corrected chi connectivity index (χ0v) is 20.5. The average Bonchev–Trinajstić information content (AvgIpc) is 2.82. The van der Waals surface area contributed by atoms with Gasteiger partial charge in [0, 0.05) is 50.1 Å². The van der Waals surface area contributed by atoms with E-state index in [1.165, 1.54) is 5.56 Å². The summed E-state index contributed by atoms with van der Waals surface area (Å²) in [4.78, 5) is 20.6. The molecule has 2 aromatic rings. The maximum atomic E-state index is 12.2. The van der Waals surface area contributed by atoms with E-state index in [-0.39, 0.29) is 5.69 Å². The third kappa shape index (κ3) is 7.26. The van der Waals surface area contributed by atoms with E-state index < -0.39 is 11.6 Å². The maximum Gasteiger partial charge on any atom is 0.359 e. The molecule has 7 heteroatoms. The van der Waals surface area contributed by atoms with Crippen molar-refractivity contribution < 1.29 is 9.53 Å². The van der Waals surface area contributed by atoms with Crippen molar-refractivity contribution in [2.75, 3.05) is 31.1 Å². The molecule has 0 bridgehead atoms. The smallest absolute Gasteiger partial charge is 0.359 e. The van der Waals surface area contributed by atoms with Crippen molar-refractivity contribution in [3.8, 4) is 11.8 Å². The van der Waals surface area contributed by atoms with Gasteiger partial charge in [-0.1, -0.05) is 37.0 Å². The van der Waals surface area contributed by atoms with E-state index in [0.717, 1.165) is 56.1 Å². The minimum Gasteiger partial charge on any atom is -0.455 e. The molecule has 0 amide bonds. The van der Waals surface area contributed by atoms with E-state index >= 15 is 0 Å². The Hall–Kier alpha value is -3.50. The number of anilines is 1. The number of carbonyl (C=O) groups excluding carboxylic acids is 1. The highest BCUT2D eigenvalue weighted by molar-refractivity contribution is 5.87. The van der Waals surface area contributed by atoms with Crippen LogP contribution in [-0.2, 0) is 11.3 Å². The minimum atomic E-state index is -0.560. The van der Waals surface area contributed by atoms with Gasteiger partial charge in [-0.2, -0.15) is 0 Å². The minimum absolute atomic E-state index is 0.222. The highest BCUT2D eigenvalue weighted by Gasteiger charge is 2.22. The molecule has 0 aliphatic carbocycles. The third-order valence-corrected chi connectivity index (χ3v) is 5.35. The van der Waals surface area contributed by atoms with Gasteiger partial charge in [-0.25, -0.2) is 4.79 Å². The summed E-state index contributed by atoms with van der Waals surface area (Å²) in [5.74, 6) is 6.84. The van der Waals surface area contributed by atoms with Crippen molar-refractivity contribution in [3.63, 3.8) is 0 Å². The molecule has 2 heterocycles. The number of carbonyl (C=O) groups is 1. The van der Waals surface area contributed by atoms with E-state index in [1.54, 1.807) is 12.3 Å². The summed E-state index contributed by atoms with van der Waals surface area (Å²) in [5.41, 5.74) is 2.89. The molecule has 1 aromatic carbocycles. The lowest BCUT2D eigenvalue weighted by atomic mass is 10.1. The van der Waals surface area contributed by atoms with Gasteiger partial charge >= 0.3 is 5.97 Å². The van der Waals surface area contributed by atoms with Gasteiger partial charge in [0.05, 0.1) is 0 Å². The molecule has 0 atom stereocenters. The molecule has 1 aliphatic heterocycles. The van der Waals surface area contributed by atoms with Crippen molar-refractivity contribution in [2.24, 2.45) is 4.99 Å². The van der Waals surface area contributed by atoms with Crippen LogP contribution in [0.4, 0.5) is 5.82 Å².